The number of aliphatic hydroxyl groups is 2. The Morgan fingerprint density at radius 3 is 1.63 bits per heavy atom. The van der Waals surface area contributed by atoms with Crippen LogP contribution in [0.5, 0.6) is 0 Å². The van der Waals surface area contributed by atoms with Crippen molar-refractivity contribution in [2.75, 3.05) is 26.4 Å². The average Bonchev–Trinajstić information content (AvgIpc) is 3.20. The first-order chi connectivity index (χ1) is 27.7. The van der Waals surface area contributed by atoms with E-state index in [-0.39, 0.29) is 19.4 Å². The largest absolute Gasteiger partial charge is 0.472 e. The monoisotopic (exact) mass is 819 g/mol. The van der Waals surface area contributed by atoms with Gasteiger partial charge in [-0.15, -0.1) is 0 Å². The highest BCUT2D eigenvalue weighted by Gasteiger charge is 2.27. The fourth-order valence-corrected chi connectivity index (χ4v) is 5.83. The summed E-state index contributed by atoms with van der Waals surface area (Å²) < 4.78 is 32.6. The lowest BCUT2D eigenvalue weighted by molar-refractivity contribution is -0.161. The number of esters is 2. The van der Waals surface area contributed by atoms with Gasteiger partial charge in [-0.05, 0) is 77.0 Å². The molecule has 0 amide bonds. The predicted molar refractivity (Wildman–Crippen MR) is 232 cm³/mol. The summed E-state index contributed by atoms with van der Waals surface area (Å²) in [5.74, 6) is -1.00. The van der Waals surface area contributed by atoms with E-state index in [2.05, 4.69) is 79.1 Å². The van der Waals surface area contributed by atoms with Gasteiger partial charge in [0.05, 0.1) is 19.8 Å². The number of hydrogen-bond donors (Lipinski definition) is 3. The number of ether oxygens (including phenoxy) is 2. The van der Waals surface area contributed by atoms with Crippen molar-refractivity contribution in [1.29, 1.82) is 0 Å². The topological polar surface area (TPSA) is 149 Å². The molecule has 0 aromatic rings. The Balaban J connectivity index is 4.38. The minimum absolute atomic E-state index is 0.128. The van der Waals surface area contributed by atoms with E-state index in [0.717, 1.165) is 77.0 Å². The standard InChI is InChI=1S/C46H75O10P/c1-3-5-7-9-11-13-15-17-18-19-20-21-22-23-24-26-27-29-31-33-35-37-45(49)53-41-44(42-55-57(51,52)54-40-43(48)39-47)56-46(50)38-36-34-32-30-28-25-16-14-12-10-8-6-4-2/h6,8,10-14,16-18,20-21,23-25,28,43-44,47-48H,3-5,7,9,15,19,22,26-27,29-42H2,1-2H3,(H,51,52)/b8-6+,12-10+,13-11+,16-14+,18-17+,21-20+,24-23+,28-25+/t43-,44?/m1/s1. The number of phosphoric ester groups is 1. The minimum Gasteiger partial charge on any atom is -0.462 e. The van der Waals surface area contributed by atoms with Crippen molar-refractivity contribution in [3.63, 3.8) is 0 Å². The summed E-state index contributed by atoms with van der Waals surface area (Å²) in [6, 6.07) is 0. The molecule has 0 spiro atoms. The van der Waals surface area contributed by atoms with Crippen molar-refractivity contribution in [3.05, 3.63) is 97.2 Å². The van der Waals surface area contributed by atoms with Crippen molar-refractivity contribution in [1.82, 2.24) is 0 Å². The first kappa shape index (κ1) is 53.9. The summed E-state index contributed by atoms with van der Waals surface area (Å²) in [5.41, 5.74) is 0. The molecule has 3 atom stereocenters. The maximum Gasteiger partial charge on any atom is 0.472 e. The van der Waals surface area contributed by atoms with Gasteiger partial charge in [-0.2, -0.15) is 0 Å². The Bertz CT molecular complexity index is 1260. The molecule has 0 radical (unpaired) electrons. The molecule has 0 saturated heterocycles. The van der Waals surface area contributed by atoms with Crippen LogP contribution < -0.4 is 0 Å². The van der Waals surface area contributed by atoms with E-state index < -0.39 is 51.8 Å². The molecule has 57 heavy (non-hydrogen) atoms. The number of aliphatic hydroxyl groups excluding tert-OH is 2. The molecule has 0 aliphatic rings. The zero-order chi connectivity index (χ0) is 41.9. The van der Waals surface area contributed by atoms with Crippen LogP contribution in [0.2, 0.25) is 0 Å². The number of carbonyl (C=O) groups is 2. The molecular weight excluding hydrogens is 743 g/mol. The van der Waals surface area contributed by atoms with Gasteiger partial charge in [0.1, 0.15) is 12.7 Å². The first-order valence-corrected chi connectivity index (χ1v) is 22.7. The van der Waals surface area contributed by atoms with E-state index in [0.29, 0.717) is 12.8 Å². The van der Waals surface area contributed by atoms with Gasteiger partial charge in [-0.25, -0.2) is 4.57 Å². The summed E-state index contributed by atoms with van der Waals surface area (Å²) in [7, 11) is -4.64. The fourth-order valence-electron chi connectivity index (χ4n) is 5.04. The van der Waals surface area contributed by atoms with Crippen molar-refractivity contribution in [2.45, 2.75) is 154 Å². The van der Waals surface area contributed by atoms with E-state index in [1.807, 2.05) is 36.5 Å². The van der Waals surface area contributed by atoms with Crippen LogP contribution in [0.1, 0.15) is 142 Å². The van der Waals surface area contributed by atoms with Crippen LogP contribution in [-0.4, -0.2) is 65.7 Å². The fraction of sp³-hybridized carbons (Fsp3) is 0.609. The Morgan fingerprint density at radius 1 is 0.561 bits per heavy atom. The number of carbonyl (C=O) groups excluding carboxylic acids is 2. The Morgan fingerprint density at radius 2 is 1.04 bits per heavy atom. The van der Waals surface area contributed by atoms with Gasteiger partial charge in [0.2, 0.25) is 0 Å². The first-order valence-electron chi connectivity index (χ1n) is 21.2. The summed E-state index contributed by atoms with van der Waals surface area (Å²) >= 11 is 0. The molecule has 0 rings (SSSR count). The molecule has 0 aliphatic carbocycles. The predicted octanol–water partition coefficient (Wildman–Crippen LogP) is 11.2. The van der Waals surface area contributed by atoms with Crippen LogP contribution in [0.15, 0.2) is 97.2 Å². The highest BCUT2D eigenvalue weighted by atomic mass is 31.2. The minimum atomic E-state index is -4.64. The van der Waals surface area contributed by atoms with Crippen molar-refractivity contribution in [2.24, 2.45) is 0 Å². The second-order valence-corrected chi connectivity index (χ2v) is 15.2. The average molecular weight is 819 g/mol. The number of phosphoric acid groups is 1. The molecule has 2 unspecified atom stereocenters. The van der Waals surface area contributed by atoms with Crippen LogP contribution in [0, 0.1) is 0 Å². The van der Waals surface area contributed by atoms with E-state index in [1.165, 1.54) is 25.7 Å². The molecule has 10 nitrogen and oxygen atoms in total. The summed E-state index contributed by atoms with van der Waals surface area (Å²) in [5, 5.41) is 18.3. The Kier molecular flexibility index (Phi) is 38.8. The van der Waals surface area contributed by atoms with Crippen LogP contribution in [0.3, 0.4) is 0 Å². The summed E-state index contributed by atoms with van der Waals surface area (Å²) in [4.78, 5) is 34.9. The number of unbranched alkanes of at least 4 members (excludes halogenated alkanes) is 11. The van der Waals surface area contributed by atoms with E-state index in [4.69, 9.17) is 19.1 Å². The number of hydrogen-bond acceptors (Lipinski definition) is 9. The molecule has 0 aromatic heterocycles. The quantitative estimate of drug-likeness (QED) is 0.0181. The van der Waals surface area contributed by atoms with Gasteiger partial charge >= 0.3 is 19.8 Å². The van der Waals surface area contributed by atoms with Crippen LogP contribution >= 0.6 is 7.82 Å². The summed E-state index contributed by atoms with van der Waals surface area (Å²) in [6.07, 6.45) is 49.5. The number of rotatable bonds is 38. The molecule has 3 N–H and O–H groups in total. The van der Waals surface area contributed by atoms with Gasteiger partial charge in [-0.1, -0.05) is 150 Å². The van der Waals surface area contributed by atoms with Gasteiger partial charge in [0.25, 0.3) is 0 Å². The van der Waals surface area contributed by atoms with Gasteiger partial charge in [-0.3, -0.25) is 18.6 Å². The Labute approximate surface area is 344 Å². The highest BCUT2D eigenvalue weighted by molar-refractivity contribution is 7.47. The van der Waals surface area contributed by atoms with Crippen LogP contribution in [0.25, 0.3) is 0 Å². The molecule has 0 aliphatic heterocycles. The van der Waals surface area contributed by atoms with Crippen molar-refractivity contribution in [3.8, 4) is 0 Å². The normalized spacial score (nSPS) is 14.8. The zero-order valence-corrected chi connectivity index (χ0v) is 35.9. The SMILES string of the molecule is CC/C=C/C=C/C=C/C=C/CCCCCC(=O)OC(COC(=O)CCCCCCC/C=C/C/C=C/C/C=C/C/C=C/CCCCC)COP(=O)(O)OC[C@H](O)CO. The van der Waals surface area contributed by atoms with Crippen molar-refractivity contribution < 1.29 is 47.8 Å². The highest BCUT2D eigenvalue weighted by Crippen LogP contribution is 2.43. The second kappa shape index (κ2) is 41.1. The number of allylic oxidation sites excluding steroid dienone is 16. The molecule has 0 aromatic carbocycles. The van der Waals surface area contributed by atoms with Gasteiger partial charge in [0, 0.05) is 12.8 Å². The third-order valence-corrected chi connectivity index (χ3v) is 9.27. The lowest BCUT2D eigenvalue weighted by atomic mass is 10.1. The third kappa shape index (κ3) is 40.9. The molecule has 0 heterocycles. The molecule has 11 heteroatoms. The third-order valence-electron chi connectivity index (χ3n) is 8.32. The van der Waals surface area contributed by atoms with Gasteiger partial charge < -0.3 is 24.6 Å². The zero-order valence-electron chi connectivity index (χ0n) is 35.0. The van der Waals surface area contributed by atoms with Gasteiger partial charge in [0.15, 0.2) is 6.10 Å². The molecule has 0 fully saturated rings. The van der Waals surface area contributed by atoms with E-state index >= 15 is 0 Å². The van der Waals surface area contributed by atoms with Crippen LogP contribution in [0.4, 0.5) is 0 Å². The lowest BCUT2D eigenvalue weighted by Crippen LogP contribution is -2.29. The smallest absolute Gasteiger partial charge is 0.462 e. The maximum atomic E-state index is 12.6. The molecule has 0 bridgehead atoms. The Hall–Kier alpha value is -3.11. The molecule has 324 valence electrons. The second-order valence-electron chi connectivity index (χ2n) is 13.7. The van der Waals surface area contributed by atoms with Crippen molar-refractivity contribution >= 4 is 19.8 Å². The van der Waals surface area contributed by atoms with Crippen LogP contribution in [-0.2, 0) is 32.7 Å². The molecular formula is C46H75O10P. The lowest BCUT2D eigenvalue weighted by Gasteiger charge is -2.20. The van der Waals surface area contributed by atoms with E-state index in [1.54, 1.807) is 0 Å². The molecule has 0 saturated carbocycles. The maximum absolute atomic E-state index is 12.6. The summed E-state index contributed by atoms with van der Waals surface area (Å²) in [6.45, 7) is 2.11. The van der Waals surface area contributed by atoms with E-state index in [9.17, 15) is 24.2 Å².